The van der Waals surface area contributed by atoms with E-state index in [1.54, 1.807) is 13.0 Å². The molecule has 1 unspecified atom stereocenters. The molecule has 0 saturated carbocycles. The Morgan fingerprint density at radius 3 is 2.89 bits per heavy atom. The van der Waals surface area contributed by atoms with Crippen LogP contribution >= 0.6 is 0 Å². The van der Waals surface area contributed by atoms with Gasteiger partial charge < -0.3 is 15.4 Å². The average Bonchev–Trinajstić information content (AvgIpc) is 2.79. The van der Waals surface area contributed by atoms with Crippen molar-refractivity contribution < 1.29 is 14.3 Å². The van der Waals surface area contributed by atoms with Crippen molar-refractivity contribution in [2.45, 2.75) is 13.8 Å². The van der Waals surface area contributed by atoms with Gasteiger partial charge in [-0.2, -0.15) is 0 Å². The minimum absolute atomic E-state index is 0.00695. The minimum Gasteiger partial charge on any atom is -0.396 e. The molecule has 0 radical (unpaired) electrons. The number of aromatic amines is 1. The Bertz CT molecular complexity index is 607. The van der Waals surface area contributed by atoms with Gasteiger partial charge in [0, 0.05) is 24.1 Å². The molecule has 19 heavy (non-hydrogen) atoms. The maximum atomic E-state index is 13.3. The van der Waals surface area contributed by atoms with Crippen LogP contribution < -0.4 is 5.32 Å². The molecule has 0 spiro atoms. The standard InChI is InChI=1S/C14H17FN2O2/c1-8(7-18)6-16-14(19)13-5-11-9(2)3-10(15)4-12(11)17-13/h3-5,8,17-18H,6-7H2,1-2H3,(H,16,19). The molecular weight excluding hydrogens is 247 g/mol. The first-order chi connectivity index (χ1) is 9.01. The first kappa shape index (κ1) is 13.5. The van der Waals surface area contributed by atoms with Crippen molar-refractivity contribution >= 4 is 16.8 Å². The van der Waals surface area contributed by atoms with Crippen LogP contribution in [0.5, 0.6) is 0 Å². The van der Waals surface area contributed by atoms with E-state index in [0.717, 1.165) is 10.9 Å². The van der Waals surface area contributed by atoms with E-state index in [2.05, 4.69) is 10.3 Å². The summed E-state index contributed by atoms with van der Waals surface area (Å²) in [5.74, 6) is -0.573. The molecule has 0 fully saturated rings. The van der Waals surface area contributed by atoms with Gasteiger partial charge in [-0.1, -0.05) is 6.92 Å². The van der Waals surface area contributed by atoms with E-state index in [1.807, 2.05) is 6.92 Å². The quantitative estimate of drug-likeness (QED) is 0.790. The van der Waals surface area contributed by atoms with Crippen molar-refractivity contribution in [2.24, 2.45) is 5.92 Å². The molecule has 2 aromatic rings. The van der Waals surface area contributed by atoms with Gasteiger partial charge >= 0.3 is 0 Å². The second kappa shape index (κ2) is 5.40. The van der Waals surface area contributed by atoms with Crippen LogP contribution in [0.25, 0.3) is 10.9 Å². The van der Waals surface area contributed by atoms with Crippen LogP contribution in [0.15, 0.2) is 18.2 Å². The summed E-state index contributed by atoms with van der Waals surface area (Å²) < 4.78 is 13.3. The Hall–Kier alpha value is -1.88. The highest BCUT2D eigenvalue weighted by Gasteiger charge is 2.12. The monoisotopic (exact) mass is 264 g/mol. The lowest BCUT2D eigenvalue weighted by molar-refractivity contribution is 0.0938. The van der Waals surface area contributed by atoms with Crippen molar-refractivity contribution in [1.29, 1.82) is 0 Å². The number of amides is 1. The maximum absolute atomic E-state index is 13.3. The molecule has 0 aliphatic rings. The van der Waals surface area contributed by atoms with Gasteiger partial charge in [-0.05, 0) is 36.6 Å². The van der Waals surface area contributed by atoms with E-state index in [0.29, 0.717) is 17.8 Å². The highest BCUT2D eigenvalue weighted by Crippen LogP contribution is 2.21. The van der Waals surface area contributed by atoms with Gasteiger partial charge in [-0.25, -0.2) is 4.39 Å². The number of aliphatic hydroxyl groups is 1. The number of hydrogen-bond acceptors (Lipinski definition) is 2. The fourth-order valence-electron chi connectivity index (χ4n) is 1.92. The molecule has 1 heterocycles. The van der Waals surface area contributed by atoms with Gasteiger partial charge in [0.15, 0.2) is 0 Å². The third kappa shape index (κ3) is 2.93. The summed E-state index contributed by atoms with van der Waals surface area (Å²) in [6, 6.07) is 4.52. The predicted molar refractivity (Wildman–Crippen MR) is 71.6 cm³/mol. The molecule has 5 heteroatoms. The zero-order valence-corrected chi connectivity index (χ0v) is 11.0. The van der Waals surface area contributed by atoms with E-state index >= 15 is 0 Å². The number of aryl methyl sites for hydroxylation is 1. The fourth-order valence-corrected chi connectivity index (χ4v) is 1.92. The van der Waals surface area contributed by atoms with Gasteiger partial charge in [-0.15, -0.1) is 0 Å². The number of H-pyrrole nitrogens is 1. The van der Waals surface area contributed by atoms with E-state index in [-0.39, 0.29) is 24.2 Å². The highest BCUT2D eigenvalue weighted by atomic mass is 19.1. The molecule has 4 nitrogen and oxygen atoms in total. The third-order valence-corrected chi connectivity index (χ3v) is 3.08. The normalized spacial score (nSPS) is 12.6. The number of halogens is 1. The Labute approximate surface area is 110 Å². The minimum atomic E-state index is -0.326. The smallest absolute Gasteiger partial charge is 0.267 e. The zero-order valence-electron chi connectivity index (χ0n) is 11.0. The van der Waals surface area contributed by atoms with Crippen LogP contribution in [0.2, 0.25) is 0 Å². The summed E-state index contributed by atoms with van der Waals surface area (Å²) in [6.45, 7) is 4.06. The summed E-state index contributed by atoms with van der Waals surface area (Å²) in [7, 11) is 0. The van der Waals surface area contributed by atoms with Crippen molar-refractivity contribution in [1.82, 2.24) is 10.3 Å². The summed E-state index contributed by atoms with van der Waals surface area (Å²) >= 11 is 0. The first-order valence-electron chi connectivity index (χ1n) is 6.19. The highest BCUT2D eigenvalue weighted by molar-refractivity contribution is 5.98. The molecule has 3 N–H and O–H groups in total. The molecule has 0 saturated heterocycles. The van der Waals surface area contributed by atoms with Crippen molar-refractivity contribution in [3.05, 3.63) is 35.3 Å². The molecule has 2 rings (SSSR count). The molecule has 1 aromatic heterocycles. The first-order valence-corrected chi connectivity index (χ1v) is 6.19. The topological polar surface area (TPSA) is 65.1 Å². The van der Waals surface area contributed by atoms with Gasteiger partial charge in [0.1, 0.15) is 11.5 Å². The second-order valence-electron chi connectivity index (χ2n) is 4.86. The Morgan fingerprint density at radius 2 is 2.21 bits per heavy atom. The summed E-state index contributed by atoms with van der Waals surface area (Å²) in [5.41, 5.74) is 1.79. The lowest BCUT2D eigenvalue weighted by atomic mass is 10.1. The van der Waals surface area contributed by atoms with Gasteiger partial charge in [0.2, 0.25) is 0 Å². The number of nitrogens with one attached hydrogen (secondary N) is 2. The van der Waals surface area contributed by atoms with Crippen LogP contribution in [0.3, 0.4) is 0 Å². The number of carbonyl (C=O) groups excluding carboxylic acids is 1. The number of aromatic nitrogens is 1. The van der Waals surface area contributed by atoms with Crippen LogP contribution in [0.1, 0.15) is 23.0 Å². The SMILES string of the molecule is Cc1cc(F)cc2[nH]c(C(=O)NCC(C)CO)cc12. The van der Waals surface area contributed by atoms with Crippen LogP contribution in [-0.2, 0) is 0 Å². The van der Waals surface area contributed by atoms with Gasteiger partial charge in [-0.3, -0.25) is 4.79 Å². The summed E-state index contributed by atoms with van der Waals surface area (Å²) in [5, 5.41) is 12.5. The lowest BCUT2D eigenvalue weighted by Crippen LogP contribution is -2.29. The fraction of sp³-hybridized carbons (Fsp3) is 0.357. The Morgan fingerprint density at radius 1 is 1.47 bits per heavy atom. The molecule has 0 aliphatic carbocycles. The molecule has 1 amide bonds. The number of carbonyl (C=O) groups is 1. The zero-order chi connectivity index (χ0) is 14.0. The molecule has 1 atom stereocenters. The number of hydrogen-bond donors (Lipinski definition) is 3. The van der Waals surface area contributed by atoms with E-state index in [9.17, 15) is 9.18 Å². The van der Waals surface area contributed by atoms with Crippen molar-refractivity contribution in [3.8, 4) is 0 Å². The van der Waals surface area contributed by atoms with Crippen LogP contribution in [0, 0.1) is 18.7 Å². The van der Waals surface area contributed by atoms with Gasteiger partial charge in [0.25, 0.3) is 5.91 Å². The average molecular weight is 264 g/mol. The summed E-state index contributed by atoms with van der Waals surface area (Å²) in [6.07, 6.45) is 0. The third-order valence-electron chi connectivity index (χ3n) is 3.08. The van der Waals surface area contributed by atoms with Crippen LogP contribution in [-0.4, -0.2) is 29.1 Å². The van der Waals surface area contributed by atoms with Crippen molar-refractivity contribution in [3.63, 3.8) is 0 Å². The second-order valence-corrected chi connectivity index (χ2v) is 4.86. The van der Waals surface area contributed by atoms with E-state index in [4.69, 9.17) is 5.11 Å². The molecule has 1 aromatic carbocycles. The number of aliphatic hydroxyl groups excluding tert-OH is 1. The lowest BCUT2D eigenvalue weighted by Gasteiger charge is -2.08. The molecule has 0 aliphatic heterocycles. The van der Waals surface area contributed by atoms with Crippen molar-refractivity contribution in [2.75, 3.05) is 13.2 Å². The Kier molecular flexibility index (Phi) is 3.85. The maximum Gasteiger partial charge on any atom is 0.267 e. The van der Waals surface area contributed by atoms with E-state index < -0.39 is 0 Å². The Balaban J connectivity index is 2.21. The number of benzene rings is 1. The largest absolute Gasteiger partial charge is 0.396 e. The van der Waals surface area contributed by atoms with E-state index in [1.165, 1.54) is 12.1 Å². The molecular formula is C14H17FN2O2. The number of rotatable bonds is 4. The number of fused-ring (bicyclic) bond motifs is 1. The molecule has 102 valence electrons. The van der Waals surface area contributed by atoms with Gasteiger partial charge in [0.05, 0.1) is 0 Å². The predicted octanol–water partition coefficient (Wildman–Crippen LogP) is 1.97. The van der Waals surface area contributed by atoms with Crippen LogP contribution in [0.4, 0.5) is 4.39 Å². The molecule has 0 bridgehead atoms. The summed E-state index contributed by atoms with van der Waals surface area (Å²) in [4.78, 5) is 14.8.